The lowest BCUT2D eigenvalue weighted by Gasteiger charge is -2.14. The summed E-state index contributed by atoms with van der Waals surface area (Å²) in [4.78, 5) is 15.5. The lowest BCUT2D eigenvalue weighted by Crippen LogP contribution is -2.07. The van der Waals surface area contributed by atoms with Crippen molar-refractivity contribution in [3.8, 4) is 39.9 Å². The normalized spacial score (nSPS) is 11.4. The van der Waals surface area contributed by atoms with Gasteiger partial charge in [-0.05, 0) is 23.1 Å². The van der Waals surface area contributed by atoms with E-state index in [1.54, 1.807) is 0 Å². The summed E-state index contributed by atoms with van der Waals surface area (Å²) in [6.45, 7) is 4.25. The molecule has 0 saturated heterocycles. The molecule has 0 N–H and O–H groups in total. The average molecular weight is 675 g/mol. The first kappa shape index (κ1) is 30.9. The first-order valence-corrected chi connectivity index (χ1v) is 18.3. The van der Waals surface area contributed by atoms with Crippen LogP contribution in [0, 0.1) is 0 Å². The van der Waals surface area contributed by atoms with Crippen LogP contribution in [-0.2, 0) is 0 Å². The van der Waals surface area contributed by atoms with Gasteiger partial charge in [-0.25, -0.2) is 4.98 Å². The van der Waals surface area contributed by atoms with Crippen LogP contribution in [0.3, 0.4) is 0 Å². The molecule has 4 nitrogen and oxygen atoms in total. The summed E-state index contributed by atoms with van der Waals surface area (Å²) < 4.78 is 4.85. The fraction of sp³-hybridized carbons (Fsp3) is 0.0652. The summed E-state index contributed by atoms with van der Waals surface area (Å²) in [6.07, 6.45) is 1.25. The minimum atomic E-state index is 0.592. The van der Waals surface area contributed by atoms with Gasteiger partial charge < -0.3 is 0 Å². The predicted molar refractivity (Wildman–Crippen MR) is 217 cm³/mol. The second-order valence-corrected chi connectivity index (χ2v) is 13.8. The van der Waals surface area contributed by atoms with Gasteiger partial charge >= 0.3 is 0 Å². The first-order valence-electron chi connectivity index (χ1n) is 17.5. The molecule has 0 bridgehead atoms. The number of fused-ring (bicyclic) bond motifs is 8. The molecule has 0 saturated carbocycles. The maximum Gasteiger partial charge on any atom is 0.238 e. The zero-order valence-electron chi connectivity index (χ0n) is 28.4. The highest BCUT2D eigenvalue weighted by molar-refractivity contribution is 7.25. The molecule has 0 unspecified atom stereocenters. The third-order valence-electron chi connectivity index (χ3n) is 9.25. The second kappa shape index (κ2) is 12.9. The number of aromatic nitrogens is 4. The van der Waals surface area contributed by atoms with Crippen molar-refractivity contribution in [3.05, 3.63) is 158 Å². The summed E-state index contributed by atoms with van der Waals surface area (Å²) in [5, 5.41) is 7.23. The van der Waals surface area contributed by atoms with Crippen molar-refractivity contribution < 1.29 is 0 Å². The second-order valence-electron chi connectivity index (χ2n) is 12.8. The smallest absolute Gasteiger partial charge is 0.238 e. The molecule has 0 spiro atoms. The maximum absolute atomic E-state index is 5.24. The number of benzene rings is 7. The van der Waals surface area contributed by atoms with Crippen LogP contribution in [0.15, 0.2) is 158 Å². The fourth-order valence-corrected chi connectivity index (χ4v) is 8.20. The summed E-state index contributed by atoms with van der Waals surface area (Å²) in [5.41, 5.74) is 6.35. The Labute approximate surface area is 300 Å². The molecule has 244 valence electrons. The molecule has 10 rings (SSSR count). The Morgan fingerprint density at radius 1 is 0.451 bits per heavy atom. The number of thiophene rings is 1. The zero-order valence-corrected chi connectivity index (χ0v) is 29.2. The Hall–Kier alpha value is -6.17. The van der Waals surface area contributed by atoms with Crippen LogP contribution in [0.1, 0.15) is 20.3 Å². The molecule has 0 atom stereocenters. The highest BCUT2D eigenvalue weighted by Crippen LogP contribution is 2.42. The average Bonchev–Trinajstić information content (AvgIpc) is 3.74. The Balaban J connectivity index is 0.00000112. The molecular weight excluding hydrogens is 641 g/mol. The predicted octanol–water partition coefficient (Wildman–Crippen LogP) is 12.9. The Morgan fingerprint density at radius 3 is 1.75 bits per heavy atom. The van der Waals surface area contributed by atoms with Gasteiger partial charge in [-0.1, -0.05) is 166 Å². The molecule has 0 aliphatic carbocycles. The van der Waals surface area contributed by atoms with E-state index in [0.29, 0.717) is 17.6 Å². The molecule has 0 amide bonds. The summed E-state index contributed by atoms with van der Waals surface area (Å²) in [7, 11) is 0. The van der Waals surface area contributed by atoms with Crippen LogP contribution < -0.4 is 0 Å². The van der Waals surface area contributed by atoms with E-state index >= 15 is 0 Å². The van der Waals surface area contributed by atoms with Gasteiger partial charge in [0.1, 0.15) is 0 Å². The Morgan fingerprint density at radius 2 is 1.02 bits per heavy atom. The van der Waals surface area contributed by atoms with E-state index in [1.807, 2.05) is 47.7 Å². The minimum absolute atomic E-state index is 0.592. The van der Waals surface area contributed by atoms with Gasteiger partial charge in [-0.2, -0.15) is 9.97 Å². The van der Waals surface area contributed by atoms with Crippen molar-refractivity contribution in [2.75, 3.05) is 0 Å². The van der Waals surface area contributed by atoms with E-state index in [-0.39, 0.29) is 0 Å². The summed E-state index contributed by atoms with van der Waals surface area (Å²) >= 11 is 1.84. The monoisotopic (exact) mass is 674 g/mol. The van der Waals surface area contributed by atoms with Crippen molar-refractivity contribution in [1.82, 2.24) is 19.5 Å². The van der Waals surface area contributed by atoms with Crippen molar-refractivity contribution in [1.29, 1.82) is 0 Å². The van der Waals surface area contributed by atoms with E-state index < -0.39 is 0 Å². The SMILES string of the molecule is CCC.c1ccc(-c2nc(-c3ccccc3)nc(-n3c4c(-c5ccc6c(c5)sc5ccccc56)cccc4c4ccc5ccccc5c43)n2)cc1. The number of hydrogen-bond acceptors (Lipinski definition) is 4. The molecule has 5 heteroatoms. The first-order chi connectivity index (χ1) is 25.2. The molecule has 0 aliphatic rings. The highest BCUT2D eigenvalue weighted by atomic mass is 32.1. The van der Waals surface area contributed by atoms with E-state index in [4.69, 9.17) is 15.0 Å². The fourth-order valence-electron chi connectivity index (χ4n) is 7.05. The third-order valence-corrected chi connectivity index (χ3v) is 10.4. The number of para-hydroxylation sites is 1. The molecule has 3 aromatic heterocycles. The van der Waals surface area contributed by atoms with Gasteiger partial charge in [0.05, 0.1) is 11.0 Å². The van der Waals surface area contributed by atoms with Gasteiger partial charge in [-0.15, -0.1) is 11.3 Å². The van der Waals surface area contributed by atoms with Crippen LogP contribution in [-0.4, -0.2) is 19.5 Å². The lowest BCUT2D eigenvalue weighted by atomic mass is 10.00. The van der Waals surface area contributed by atoms with Gasteiger partial charge in [0, 0.05) is 53.0 Å². The van der Waals surface area contributed by atoms with Crippen LogP contribution in [0.2, 0.25) is 0 Å². The minimum Gasteiger partial charge on any atom is -0.277 e. The number of nitrogens with zero attached hydrogens (tertiary/aromatic N) is 4. The number of rotatable bonds is 4. The molecule has 0 aliphatic heterocycles. The van der Waals surface area contributed by atoms with Crippen molar-refractivity contribution in [2.45, 2.75) is 20.3 Å². The third kappa shape index (κ3) is 5.34. The maximum atomic E-state index is 5.24. The van der Waals surface area contributed by atoms with Crippen LogP contribution in [0.5, 0.6) is 0 Å². The topological polar surface area (TPSA) is 43.6 Å². The molecular formula is C46H34N4S. The van der Waals surface area contributed by atoms with Crippen molar-refractivity contribution >= 4 is 64.1 Å². The standard InChI is InChI=1S/C43H26N4S.C3H8/c1-3-13-28(14-4-1)41-44-42(29-15-5-2-6-16-29)46-43(45-41)47-39-31-17-8-7-12-27(31)22-25-36(39)35-20-11-19-32(40(35)47)30-23-24-34-33-18-9-10-21-37(33)48-38(34)26-30;1-3-2/h1-26H;3H2,1-2H3. The van der Waals surface area contributed by atoms with Gasteiger partial charge in [0.15, 0.2) is 11.6 Å². The van der Waals surface area contributed by atoms with Gasteiger partial charge in [0.2, 0.25) is 5.95 Å². The van der Waals surface area contributed by atoms with E-state index in [9.17, 15) is 0 Å². The molecule has 51 heavy (non-hydrogen) atoms. The zero-order chi connectivity index (χ0) is 34.3. The Kier molecular flexibility index (Phi) is 7.83. The van der Waals surface area contributed by atoms with E-state index in [1.165, 1.54) is 32.0 Å². The van der Waals surface area contributed by atoms with E-state index in [0.717, 1.165) is 49.4 Å². The number of hydrogen-bond donors (Lipinski definition) is 0. The molecule has 0 fully saturated rings. The lowest BCUT2D eigenvalue weighted by molar-refractivity contribution is 0.955. The molecule has 10 aromatic rings. The van der Waals surface area contributed by atoms with Crippen molar-refractivity contribution in [3.63, 3.8) is 0 Å². The molecule has 0 radical (unpaired) electrons. The molecule has 3 heterocycles. The van der Waals surface area contributed by atoms with Gasteiger partial charge in [-0.3, -0.25) is 4.57 Å². The van der Waals surface area contributed by atoms with Crippen LogP contribution in [0.25, 0.3) is 92.6 Å². The van der Waals surface area contributed by atoms with E-state index in [2.05, 4.69) is 140 Å². The summed E-state index contributed by atoms with van der Waals surface area (Å²) in [6, 6.07) is 55.5. The van der Waals surface area contributed by atoms with Crippen molar-refractivity contribution in [2.24, 2.45) is 0 Å². The Bertz CT molecular complexity index is 2800. The largest absolute Gasteiger partial charge is 0.277 e. The highest BCUT2D eigenvalue weighted by Gasteiger charge is 2.22. The molecule has 7 aromatic carbocycles. The quantitative estimate of drug-likeness (QED) is 0.187. The van der Waals surface area contributed by atoms with Crippen LogP contribution >= 0.6 is 11.3 Å². The van der Waals surface area contributed by atoms with Crippen LogP contribution in [0.4, 0.5) is 0 Å². The summed E-state index contributed by atoms with van der Waals surface area (Å²) in [5.74, 6) is 1.87. The van der Waals surface area contributed by atoms with Gasteiger partial charge in [0.25, 0.3) is 0 Å².